The number of aliphatic hydroxyl groups excluding tert-OH is 1. The highest BCUT2D eigenvalue weighted by molar-refractivity contribution is 5.89. The van der Waals surface area contributed by atoms with Gasteiger partial charge in [0.1, 0.15) is 6.04 Å². The second-order valence-electron chi connectivity index (χ2n) is 11.4. The van der Waals surface area contributed by atoms with Crippen LogP contribution in [0.25, 0.3) is 10.9 Å². The van der Waals surface area contributed by atoms with Crippen molar-refractivity contribution in [2.24, 2.45) is 17.8 Å². The van der Waals surface area contributed by atoms with Crippen LogP contribution in [0.1, 0.15) is 82.3 Å². The van der Waals surface area contributed by atoms with E-state index in [2.05, 4.69) is 41.6 Å². The maximum absolute atomic E-state index is 14.2. The lowest BCUT2D eigenvalue weighted by Crippen LogP contribution is -2.55. The van der Waals surface area contributed by atoms with Crippen LogP contribution in [0.2, 0.25) is 0 Å². The van der Waals surface area contributed by atoms with Crippen LogP contribution in [0, 0.1) is 24.7 Å². The van der Waals surface area contributed by atoms with Crippen LogP contribution in [0.15, 0.2) is 24.4 Å². The highest BCUT2D eigenvalue weighted by Crippen LogP contribution is 2.49. The molecule has 6 heteroatoms. The summed E-state index contributed by atoms with van der Waals surface area (Å²) in [6.45, 7) is 6.40. The first-order valence-corrected chi connectivity index (χ1v) is 13.8. The number of aromatic nitrogens is 1. The van der Waals surface area contributed by atoms with Crippen LogP contribution in [-0.2, 0) is 9.59 Å². The first-order chi connectivity index (χ1) is 16.9. The summed E-state index contributed by atoms with van der Waals surface area (Å²) >= 11 is 0. The minimum absolute atomic E-state index is 0.0164. The normalized spacial score (nSPS) is 28.7. The number of benzene rings is 1. The Morgan fingerprint density at radius 1 is 1.17 bits per heavy atom. The van der Waals surface area contributed by atoms with Crippen molar-refractivity contribution in [1.82, 2.24) is 15.2 Å². The Balaban J connectivity index is 1.45. The SMILES string of the molecule is CC[C@@H](C)C(=O)N[C@H](C(=O)N1C[C@@H](O)[C@H]2CC[C@H](c3c[nH]c4cc(C)ccc34)[C@H]21)C1CCCCC1. The molecule has 1 aromatic heterocycles. The van der Waals surface area contributed by atoms with Crippen LogP contribution in [0.4, 0.5) is 0 Å². The van der Waals surface area contributed by atoms with Gasteiger partial charge in [0.05, 0.1) is 6.10 Å². The predicted octanol–water partition coefficient (Wildman–Crippen LogP) is 4.65. The van der Waals surface area contributed by atoms with Gasteiger partial charge in [-0.2, -0.15) is 0 Å². The summed E-state index contributed by atoms with van der Waals surface area (Å²) in [4.78, 5) is 32.5. The minimum atomic E-state index is -0.501. The zero-order valence-electron chi connectivity index (χ0n) is 21.4. The number of fused-ring (bicyclic) bond motifs is 2. The summed E-state index contributed by atoms with van der Waals surface area (Å²) in [6.07, 6.45) is 9.63. The Hall–Kier alpha value is -2.34. The molecule has 5 rings (SSSR count). The molecule has 6 atom stereocenters. The van der Waals surface area contributed by atoms with Gasteiger partial charge in [0, 0.05) is 47.4 Å². The van der Waals surface area contributed by atoms with E-state index in [1.807, 2.05) is 18.7 Å². The molecular formula is C29H41N3O3. The Morgan fingerprint density at radius 3 is 2.69 bits per heavy atom. The number of amides is 2. The summed E-state index contributed by atoms with van der Waals surface area (Å²) in [6, 6.07) is 5.97. The van der Waals surface area contributed by atoms with Crippen molar-refractivity contribution in [2.75, 3.05) is 6.54 Å². The molecule has 6 nitrogen and oxygen atoms in total. The highest BCUT2D eigenvalue weighted by atomic mass is 16.3. The van der Waals surface area contributed by atoms with Crippen LogP contribution in [0.5, 0.6) is 0 Å². The Labute approximate surface area is 208 Å². The molecule has 3 aliphatic rings. The predicted molar refractivity (Wildman–Crippen MR) is 138 cm³/mol. The van der Waals surface area contributed by atoms with E-state index < -0.39 is 12.1 Å². The topological polar surface area (TPSA) is 85.4 Å². The lowest BCUT2D eigenvalue weighted by atomic mass is 9.82. The van der Waals surface area contributed by atoms with Gasteiger partial charge in [-0.3, -0.25) is 9.59 Å². The third kappa shape index (κ3) is 4.50. The van der Waals surface area contributed by atoms with Crippen molar-refractivity contribution in [3.63, 3.8) is 0 Å². The van der Waals surface area contributed by atoms with Crippen molar-refractivity contribution in [3.05, 3.63) is 35.5 Å². The van der Waals surface area contributed by atoms with Gasteiger partial charge in [-0.05, 0) is 62.1 Å². The molecule has 1 aliphatic heterocycles. The molecule has 1 saturated heterocycles. The average molecular weight is 480 g/mol. The van der Waals surface area contributed by atoms with Crippen LogP contribution < -0.4 is 5.32 Å². The third-order valence-corrected chi connectivity index (χ3v) is 9.20. The van der Waals surface area contributed by atoms with Crippen molar-refractivity contribution in [3.8, 4) is 0 Å². The molecule has 2 heterocycles. The average Bonchev–Trinajstić information content (AvgIpc) is 3.56. The first kappa shape index (κ1) is 24.4. The molecule has 3 N–H and O–H groups in total. The van der Waals surface area contributed by atoms with Crippen molar-refractivity contribution < 1.29 is 14.7 Å². The van der Waals surface area contributed by atoms with Gasteiger partial charge in [-0.1, -0.05) is 45.2 Å². The quantitative estimate of drug-likeness (QED) is 0.564. The lowest BCUT2D eigenvalue weighted by molar-refractivity contribution is -0.140. The number of β-amino-alcohol motifs (C(OH)–C–C–N with tert-alkyl or cyclic N) is 1. The number of hydrogen-bond donors (Lipinski definition) is 3. The van der Waals surface area contributed by atoms with E-state index in [4.69, 9.17) is 0 Å². The second-order valence-corrected chi connectivity index (χ2v) is 11.4. The molecule has 190 valence electrons. The molecule has 2 amide bonds. The number of rotatable bonds is 6. The molecule has 2 aliphatic carbocycles. The second kappa shape index (κ2) is 9.96. The first-order valence-electron chi connectivity index (χ1n) is 13.8. The third-order valence-electron chi connectivity index (χ3n) is 9.20. The van der Waals surface area contributed by atoms with Crippen LogP contribution >= 0.6 is 0 Å². The Morgan fingerprint density at radius 2 is 1.94 bits per heavy atom. The smallest absolute Gasteiger partial charge is 0.245 e. The van der Waals surface area contributed by atoms with E-state index in [9.17, 15) is 14.7 Å². The number of aliphatic hydroxyl groups is 1. The lowest BCUT2D eigenvalue weighted by Gasteiger charge is -2.36. The fourth-order valence-electron chi connectivity index (χ4n) is 6.99. The molecule has 0 radical (unpaired) electrons. The van der Waals surface area contributed by atoms with Gasteiger partial charge < -0.3 is 20.3 Å². The van der Waals surface area contributed by atoms with E-state index in [0.29, 0.717) is 6.54 Å². The van der Waals surface area contributed by atoms with Crippen molar-refractivity contribution >= 4 is 22.7 Å². The van der Waals surface area contributed by atoms with Crippen LogP contribution in [0.3, 0.4) is 0 Å². The summed E-state index contributed by atoms with van der Waals surface area (Å²) < 4.78 is 0. The summed E-state index contributed by atoms with van der Waals surface area (Å²) in [5.41, 5.74) is 3.59. The fourth-order valence-corrected chi connectivity index (χ4v) is 6.99. The van der Waals surface area contributed by atoms with E-state index in [1.165, 1.54) is 22.9 Å². The van der Waals surface area contributed by atoms with E-state index in [1.54, 1.807) is 0 Å². The maximum atomic E-state index is 14.2. The summed E-state index contributed by atoms with van der Waals surface area (Å²) in [7, 11) is 0. The molecule has 0 spiro atoms. The Kier molecular flexibility index (Phi) is 6.93. The van der Waals surface area contributed by atoms with Gasteiger partial charge in [0.25, 0.3) is 0 Å². The number of likely N-dealkylation sites (tertiary alicyclic amines) is 1. The number of hydrogen-bond acceptors (Lipinski definition) is 3. The zero-order chi connectivity index (χ0) is 24.7. The number of carbonyl (C=O) groups excluding carboxylic acids is 2. The van der Waals surface area contributed by atoms with E-state index in [0.717, 1.165) is 50.5 Å². The number of nitrogens with zero attached hydrogens (tertiary/aromatic N) is 1. The zero-order valence-corrected chi connectivity index (χ0v) is 21.4. The minimum Gasteiger partial charge on any atom is -0.391 e. The molecular weight excluding hydrogens is 438 g/mol. The molecule has 2 saturated carbocycles. The number of aryl methyl sites for hydroxylation is 1. The number of aromatic amines is 1. The van der Waals surface area contributed by atoms with E-state index in [-0.39, 0.29) is 41.5 Å². The standard InChI is InChI=1S/C29H41N3O3/c1-4-18(3)28(34)31-26(19-8-6-5-7-9-19)29(35)32-16-25(33)22-13-12-21(27(22)32)23-15-30-24-14-17(2)10-11-20(23)24/h10-11,14-15,18-19,21-22,25-27,30,33H,4-9,12-13,16H2,1-3H3,(H,31,34)/t18-,21-,22-,25-,26+,27-/m1/s1. The number of H-pyrrole nitrogens is 1. The summed E-state index contributed by atoms with van der Waals surface area (Å²) in [5.74, 6) is 0.341. The molecule has 35 heavy (non-hydrogen) atoms. The largest absolute Gasteiger partial charge is 0.391 e. The maximum Gasteiger partial charge on any atom is 0.245 e. The molecule has 1 aromatic carbocycles. The Bertz CT molecular complexity index is 1070. The van der Waals surface area contributed by atoms with Gasteiger partial charge >= 0.3 is 0 Å². The van der Waals surface area contributed by atoms with E-state index >= 15 is 0 Å². The van der Waals surface area contributed by atoms with Gasteiger partial charge in [0.15, 0.2) is 0 Å². The fraction of sp³-hybridized carbons (Fsp3) is 0.655. The monoisotopic (exact) mass is 479 g/mol. The number of nitrogens with one attached hydrogen (secondary N) is 2. The molecule has 2 aromatic rings. The van der Waals surface area contributed by atoms with Crippen LogP contribution in [-0.4, -0.2) is 51.5 Å². The van der Waals surface area contributed by atoms with Gasteiger partial charge in [0.2, 0.25) is 11.8 Å². The van der Waals surface area contributed by atoms with Gasteiger partial charge in [-0.25, -0.2) is 0 Å². The van der Waals surface area contributed by atoms with Crippen molar-refractivity contribution in [1.29, 1.82) is 0 Å². The van der Waals surface area contributed by atoms with Crippen molar-refractivity contribution in [2.45, 2.75) is 96.2 Å². The highest BCUT2D eigenvalue weighted by Gasteiger charge is 2.53. The molecule has 3 fully saturated rings. The molecule has 0 unspecified atom stereocenters. The summed E-state index contributed by atoms with van der Waals surface area (Å²) in [5, 5.41) is 15.4. The molecule has 0 bridgehead atoms. The number of carbonyl (C=O) groups is 2. The van der Waals surface area contributed by atoms with Gasteiger partial charge in [-0.15, -0.1) is 0 Å².